The molecular weight excluding hydrogens is 549 g/mol. The third-order valence-corrected chi connectivity index (χ3v) is 7.94. The van der Waals surface area contributed by atoms with Crippen molar-refractivity contribution in [2.45, 2.75) is 51.2 Å². The average Bonchev–Trinajstić information content (AvgIpc) is 3.27. The van der Waals surface area contributed by atoms with E-state index in [-0.39, 0.29) is 24.2 Å². The fraction of sp³-hybridized carbons (Fsp3) is 0.400. The number of aryl methyl sites for hydroxylation is 1. The fourth-order valence-electron chi connectivity index (χ4n) is 5.91. The molecule has 220 valence electrons. The van der Waals surface area contributed by atoms with Crippen molar-refractivity contribution in [1.29, 1.82) is 0 Å². The number of carbonyl (C=O) groups is 1. The van der Waals surface area contributed by atoms with Crippen LogP contribution in [0.5, 0.6) is 17.4 Å². The van der Waals surface area contributed by atoms with Gasteiger partial charge in [0.1, 0.15) is 23.6 Å². The number of nitrogens with one attached hydrogen (secondary N) is 1. The Bertz CT molecular complexity index is 1540. The van der Waals surface area contributed by atoms with Gasteiger partial charge in [-0.2, -0.15) is 13.2 Å². The predicted octanol–water partition coefficient (Wildman–Crippen LogP) is 6.23. The molecule has 1 saturated heterocycles. The number of benzene rings is 2. The first-order chi connectivity index (χ1) is 20.1. The van der Waals surface area contributed by atoms with Crippen LogP contribution in [0.4, 0.5) is 35.2 Å². The monoisotopic (exact) mass is 580 g/mol. The Labute approximate surface area is 241 Å². The van der Waals surface area contributed by atoms with Gasteiger partial charge in [0.2, 0.25) is 5.88 Å². The van der Waals surface area contributed by atoms with E-state index in [9.17, 15) is 18.0 Å². The van der Waals surface area contributed by atoms with Crippen molar-refractivity contribution in [1.82, 2.24) is 14.9 Å². The lowest BCUT2D eigenvalue weighted by Gasteiger charge is -2.38. The van der Waals surface area contributed by atoms with E-state index >= 15 is 0 Å². The van der Waals surface area contributed by atoms with Crippen LogP contribution in [0.1, 0.15) is 36.0 Å². The molecule has 3 aliphatic heterocycles. The van der Waals surface area contributed by atoms with Crippen LogP contribution in [0.2, 0.25) is 0 Å². The van der Waals surface area contributed by atoms with Crippen LogP contribution in [-0.2, 0) is 12.8 Å². The molecule has 2 aromatic carbocycles. The quantitative estimate of drug-likeness (QED) is 0.372. The molecule has 2 amide bonds. The van der Waals surface area contributed by atoms with Crippen molar-refractivity contribution >= 4 is 28.9 Å². The molecule has 0 saturated carbocycles. The van der Waals surface area contributed by atoms with E-state index in [4.69, 9.17) is 9.47 Å². The van der Waals surface area contributed by atoms with E-state index in [0.29, 0.717) is 48.3 Å². The van der Waals surface area contributed by atoms with E-state index in [1.807, 2.05) is 23.1 Å². The second kappa shape index (κ2) is 11.1. The maximum atomic E-state index is 13.0. The first-order valence-corrected chi connectivity index (χ1v) is 13.9. The molecule has 1 fully saturated rings. The molecular formula is C30H31F3N6O3. The lowest BCUT2D eigenvalue weighted by atomic mass is 10.0. The molecule has 12 heteroatoms. The summed E-state index contributed by atoms with van der Waals surface area (Å²) in [5.41, 5.74) is 4.02. The Kier molecular flexibility index (Phi) is 7.38. The molecule has 1 aromatic heterocycles. The highest BCUT2D eigenvalue weighted by Crippen LogP contribution is 2.38. The molecule has 0 unspecified atom stereocenters. The van der Waals surface area contributed by atoms with Gasteiger partial charge in [-0.15, -0.1) is 0 Å². The standard InChI is InChI=1S/C30H31F3N6O3/c1-18-11-24(14-20-12-21(36-28(18)20)16-30(31,32)33)42-27-15-26(34-17-35-27)38-8-6-22(7-9-38)39-10-5-19-13-23(41-2)3-4-25(19)37-29(39)40/h3-4,11,13-15,17,22H,5-10,12,16H2,1-2H3,(H,37,40). The van der Waals surface area contributed by atoms with Gasteiger partial charge < -0.3 is 24.6 Å². The largest absolute Gasteiger partial charge is 0.497 e. The summed E-state index contributed by atoms with van der Waals surface area (Å²) >= 11 is 0. The highest BCUT2D eigenvalue weighted by Gasteiger charge is 2.33. The zero-order chi connectivity index (χ0) is 29.4. The van der Waals surface area contributed by atoms with Crippen molar-refractivity contribution < 1.29 is 27.4 Å². The Morgan fingerprint density at radius 1 is 1.02 bits per heavy atom. The van der Waals surface area contributed by atoms with Gasteiger partial charge in [0.25, 0.3) is 0 Å². The lowest BCUT2D eigenvalue weighted by Crippen LogP contribution is -2.49. The number of anilines is 2. The van der Waals surface area contributed by atoms with Crippen molar-refractivity contribution in [3.05, 3.63) is 59.4 Å². The number of aliphatic imine (C=N–C) groups is 1. The summed E-state index contributed by atoms with van der Waals surface area (Å²) in [6.07, 6.45) is -1.40. The topological polar surface area (TPSA) is 92.2 Å². The SMILES string of the molecule is COc1ccc2c(c1)CCN(C1CCN(c3cc(Oc4cc(C)c5c(c4)CC(CC(F)(F)F)=N5)ncn3)CC1)C(=O)N2. The molecule has 1 N–H and O–H groups in total. The van der Waals surface area contributed by atoms with E-state index in [1.165, 1.54) is 6.33 Å². The Balaban J connectivity index is 1.08. The number of hydrogen-bond donors (Lipinski definition) is 1. The smallest absolute Gasteiger partial charge is 0.394 e. The molecule has 0 spiro atoms. The number of rotatable bonds is 6. The van der Waals surface area contributed by atoms with Gasteiger partial charge in [0, 0.05) is 49.6 Å². The number of amides is 2. The molecule has 0 radical (unpaired) electrons. The summed E-state index contributed by atoms with van der Waals surface area (Å²) in [6.45, 7) is 3.86. The molecule has 0 bridgehead atoms. The minimum atomic E-state index is -4.29. The van der Waals surface area contributed by atoms with Crippen LogP contribution in [0.15, 0.2) is 47.7 Å². The number of nitrogens with zero attached hydrogens (tertiary/aromatic N) is 5. The van der Waals surface area contributed by atoms with Crippen LogP contribution in [0.3, 0.4) is 0 Å². The highest BCUT2D eigenvalue weighted by atomic mass is 19.4. The van der Waals surface area contributed by atoms with Crippen LogP contribution >= 0.6 is 0 Å². The third kappa shape index (κ3) is 5.97. The normalized spacial score (nSPS) is 17.3. The number of hydrogen-bond acceptors (Lipinski definition) is 7. The van der Waals surface area contributed by atoms with Gasteiger partial charge in [-0.3, -0.25) is 4.99 Å². The van der Waals surface area contributed by atoms with Gasteiger partial charge in [0.15, 0.2) is 0 Å². The Hall–Kier alpha value is -4.35. The van der Waals surface area contributed by atoms with Crippen molar-refractivity contribution in [3.8, 4) is 17.4 Å². The van der Waals surface area contributed by atoms with Crippen LogP contribution < -0.4 is 19.7 Å². The zero-order valence-corrected chi connectivity index (χ0v) is 23.4. The summed E-state index contributed by atoms with van der Waals surface area (Å²) in [7, 11) is 1.63. The maximum absolute atomic E-state index is 13.0. The van der Waals surface area contributed by atoms with Gasteiger partial charge >= 0.3 is 12.2 Å². The van der Waals surface area contributed by atoms with Crippen LogP contribution in [0, 0.1) is 6.92 Å². The molecule has 0 atom stereocenters. The number of aromatic nitrogens is 2. The van der Waals surface area contributed by atoms with Crippen LogP contribution in [-0.4, -0.2) is 65.6 Å². The number of piperidine rings is 1. The second-order valence-electron chi connectivity index (χ2n) is 10.8. The van der Waals surface area contributed by atoms with Crippen molar-refractivity contribution in [2.75, 3.05) is 37.0 Å². The number of urea groups is 1. The van der Waals surface area contributed by atoms with Gasteiger partial charge in [-0.05, 0) is 73.2 Å². The first kappa shape index (κ1) is 27.8. The number of methoxy groups -OCH3 is 1. The summed E-state index contributed by atoms with van der Waals surface area (Å²) in [5.74, 6) is 2.32. The number of fused-ring (bicyclic) bond motifs is 2. The molecule has 0 aliphatic carbocycles. The molecule has 3 aromatic rings. The summed E-state index contributed by atoms with van der Waals surface area (Å²) < 4.78 is 50.0. The van der Waals surface area contributed by atoms with E-state index in [2.05, 4.69) is 25.2 Å². The second-order valence-corrected chi connectivity index (χ2v) is 10.8. The maximum Gasteiger partial charge on any atom is 0.394 e. The molecule has 42 heavy (non-hydrogen) atoms. The van der Waals surface area contributed by atoms with Crippen molar-refractivity contribution in [3.63, 3.8) is 0 Å². The lowest BCUT2D eigenvalue weighted by molar-refractivity contribution is -0.121. The Morgan fingerprint density at radius 3 is 2.57 bits per heavy atom. The van der Waals surface area contributed by atoms with E-state index in [1.54, 1.807) is 32.2 Å². The van der Waals surface area contributed by atoms with E-state index < -0.39 is 12.6 Å². The predicted molar refractivity (Wildman–Crippen MR) is 152 cm³/mol. The van der Waals surface area contributed by atoms with Crippen LogP contribution in [0.25, 0.3) is 0 Å². The highest BCUT2D eigenvalue weighted by molar-refractivity contribution is 5.95. The molecule has 6 rings (SSSR count). The minimum absolute atomic E-state index is 0.0874. The summed E-state index contributed by atoms with van der Waals surface area (Å²) in [4.78, 5) is 30.0. The van der Waals surface area contributed by atoms with Gasteiger partial charge in [0.05, 0.1) is 19.2 Å². The van der Waals surface area contributed by atoms with Gasteiger partial charge in [-0.25, -0.2) is 14.8 Å². The minimum Gasteiger partial charge on any atom is -0.497 e. The van der Waals surface area contributed by atoms with Gasteiger partial charge in [-0.1, -0.05) is 0 Å². The first-order valence-electron chi connectivity index (χ1n) is 13.9. The fourth-order valence-corrected chi connectivity index (χ4v) is 5.91. The molecule has 9 nitrogen and oxygen atoms in total. The number of ether oxygens (including phenoxy) is 2. The van der Waals surface area contributed by atoms with Crippen molar-refractivity contribution in [2.24, 2.45) is 4.99 Å². The Morgan fingerprint density at radius 2 is 1.81 bits per heavy atom. The number of halogens is 3. The number of alkyl halides is 3. The average molecular weight is 581 g/mol. The summed E-state index contributed by atoms with van der Waals surface area (Å²) in [5, 5.41) is 3.05. The zero-order valence-electron chi connectivity index (χ0n) is 23.4. The number of carbonyl (C=O) groups excluding carboxylic acids is 1. The molecule has 3 aliphatic rings. The van der Waals surface area contributed by atoms with E-state index in [0.717, 1.165) is 41.8 Å². The summed E-state index contributed by atoms with van der Waals surface area (Å²) in [6, 6.07) is 11.0. The molecule has 4 heterocycles. The third-order valence-electron chi connectivity index (χ3n) is 7.94.